The van der Waals surface area contributed by atoms with Crippen molar-refractivity contribution < 1.29 is 9.59 Å². The summed E-state index contributed by atoms with van der Waals surface area (Å²) in [5.74, 6) is 0.248. The Morgan fingerprint density at radius 1 is 0.561 bits per heavy atom. The number of hydrogen-bond donors (Lipinski definition) is 0. The van der Waals surface area contributed by atoms with Crippen LogP contribution in [0.3, 0.4) is 0 Å². The summed E-state index contributed by atoms with van der Waals surface area (Å²) < 4.78 is 0. The number of carbonyl (C=O) groups is 2. The van der Waals surface area contributed by atoms with Gasteiger partial charge in [0.25, 0.3) is 0 Å². The monoisotopic (exact) mass is 596 g/mol. The average Bonchev–Trinajstić information content (AvgIpc) is 3.67. The molecule has 0 bridgehead atoms. The molecule has 3 aromatic rings. The van der Waals surface area contributed by atoms with E-state index in [0.717, 1.165) is 54.3 Å². The number of thiophene rings is 3. The van der Waals surface area contributed by atoms with Crippen LogP contribution >= 0.6 is 34.0 Å². The molecule has 41 heavy (non-hydrogen) atoms. The molecule has 0 radical (unpaired) electrons. The Labute approximate surface area is 255 Å². The summed E-state index contributed by atoms with van der Waals surface area (Å²) in [4.78, 5) is 30.9. The number of hydrogen-bond acceptors (Lipinski definition) is 5. The molecule has 0 aliphatic heterocycles. The highest BCUT2D eigenvalue weighted by Crippen LogP contribution is 2.44. The van der Waals surface area contributed by atoms with E-state index in [1.54, 1.807) is 34.0 Å². The lowest BCUT2D eigenvalue weighted by Gasteiger charge is -2.26. The minimum Gasteiger partial charge on any atom is -0.289 e. The van der Waals surface area contributed by atoms with Gasteiger partial charge in [-0.2, -0.15) is 0 Å². The molecule has 0 atom stereocenters. The molecule has 210 valence electrons. The smallest absolute Gasteiger partial charge is 0.185 e. The fourth-order valence-electron chi connectivity index (χ4n) is 5.21. The molecule has 2 nitrogen and oxygen atoms in total. The van der Waals surface area contributed by atoms with Crippen LogP contribution in [-0.2, 0) is 9.59 Å². The van der Waals surface area contributed by atoms with Crippen LogP contribution in [0.1, 0.15) is 74.9 Å². The molecule has 5 rings (SSSR count). The lowest BCUT2D eigenvalue weighted by molar-refractivity contribution is -0.113. The summed E-state index contributed by atoms with van der Waals surface area (Å²) in [7, 11) is 0. The molecule has 5 heteroatoms. The van der Waals surface area contributed by atoms with Crippen LogP contribution in [0.25, 0.3) is 11.1 Å². The summed E-state index contributed by atoms with van der Waals surface area (Å²) in [6.07, 6.45) is 8.28. The molecule has 0 spiro atoms. The fraction of sp³-hybridized carbons (Fsp3) is 0.278. The summed E-state index contributed by atoms with van der Waals surface area (Å²) >= 11 is 5.20. The van der Waals surface area contributed by atoms with E-state index in [2.05, 4.69) is 101 Å². The van der Waals surface area contributed by atoms with Crippen molar-refractivity contribution in [2.24, 2.45) is 10.8 Å². The maximum absolute atomic E-state index is 13.1. The maximum atomic E-state index is 13.1. The topological polar surface area (TPSA) is 34.1 Å². The zero-order valence-electron chi connectivity index (χ0n) is 25.0. The lowest BCUT2D eigenvalue weighted by Crippen LogP contribution is -2.21. The molecular formula is C36H36O2S3. The molecule has 0 fully saturated rings. The number of rotatable bonds is 4. The van der Waals surface area contributed by atoms with Gasteiger partial charge in [-0.3, -0.25) is 9.59 Å². The SMILES string of the molecule is CC1=C/C(=C(\c2cccs2)c2ccc(/C(=C3/C=C(C)C(=O)C(C(C)(C)C)=C3)c3cccs3)s2)C=C(C(C)(C)C)C1=O. The third kappa shape index (κ3) is 5.81. The Hall–Kier alpha value is -3.12. The minimum atomic E-state index is -0.254. The second-order valence-corrected chi connectivity index (χ2v) is 15.7. The average molecular weight is 597 g/mol. The predicted octanol–water partition coefficient (Wildman–Crippen LogP) is 10.5. The van der Waals surface area contributed by atoms with Crippen molar-refractivity contribution in [3.05, 3.63) is 124 Å². The number of Topliss-reactive ketones (excluding diaryl/α,β-unsaturated/α-hetero) is 2. The molecule has 2 aliphatic rings. The predicted molar refractivity (Wildman–Crippen MR) is 178 cm³/mol. The molecule has 0 saturated heterocycles. The van der Waals surface area contributed by atoms with Crippen LogP contribution in [0, 0.1) is 10.8 Å². The van der Waals surface area contributed by atoms with Crippen molar-refractivity contribution in [2.75, 3.05) is 0 Å². The standard InChI is InChI=1S/C36H36O2S3/c1-21-17-23(19-25(33(21)37)35(3,4)5)31(27-11-9-15-39-27)29-13-14-30(41-29)32(28-12-10-16-40-28)24-18-22(2)34(38)26(20-24)36(6,7)8/h9-20H,1-8H3/b31-23-,32-24-. The van der Waals surface area contributed by atoms with Crippen LogP contribution in [0.15, 0.2) is 105 Å². The van der Waals surface area contributed by atoms with E-state index >= 15 is 0 Å². The van der Waals surface area contributed by atoms with Crippen LogP contribution in [0.5, 0.6) is 0 Å². The molecule has 3 aromatic heterocycles. The van der Waals surface area contributed by atoms with Crippen molar-refractivity contribution in [1.82, 2.24) is 0 Å². The van der Waals surface area contributed by atoms with E-state index in [9.17, 15) is 9.59 Å². The van der Waals surface area contributed by atoms with Gasteiger partial charge in [-0.25, -0.2) is 0 Å². The molecule has 0 N–H and O–H groups in total. The van der Waals surface area contributed by atoms with Gasteiger partial charge in [0, 0.05) is 41.8 Å². The second kappa shape index (κ2) is 10.9. The highest BCUT2D eigenvalue weighted by atomic mass is 32.1. The van der Waals surface area contributed by atoms with Gasteiger partial charge < -0.3 is 0 Å². The van der Waals surface area contributed by atoms with Crippen molar-refractivity contribution in [3.8, 4) is 0 Å². The summed E-state index contributed by atoms with van der Waals surface area (Å²) in [6.45, 7) is 16.5. The first-order chi connectivity index (χ1) is 19.3. The number of carbonyl (C=O) groups excluding carboxylic acids is 2. The molecule has 0 amide bonds. The van der Waals surface area contributed by atoms with Gasteiger partial charge in [0.15, 0.2) is 11.6 Å². The number of allylic oxidation sites excluding steroid dienone is 10. The zero-order valence-corrected chi connectivity index (χ0v) is 27.4. The summed E-state index contributed by atoms with van der Waals surface area (Å²) in [6, 6.07) is 12.9. The first kappa shape index (κ1) is 29.4. The van der Waals surface area contributed by atoms with Crippen LogP contribution < -0.4 is 0 Å². The largest absolute Gasteiger partial charge is 0.289 e. The van der Waals surface area contributed by atoms with E-state index in [4.69, 9.17) is 0 Å². The molecule has 0 unspecified atom stereocenters. The molecular weight excluding hydrogens is 561 g/mol. The van der Waals surface area contributed by atoms with Crippen molar-refractivity contribution in [1.29, 1.82) is 0 Å². The normalized spacial score (nSPS) is 19.0. The second-order valence-electron chi connectivity index (χ2n) is 12.7. The Morgan fingerprint density at radius 3 is 1.27 bits per heavy atom. The van der Waals surface area contributed by atoms with Crippen molar-refractivity contribution in [3.63, 3.8) is 0 Å². The van der Waals surface area contributed by atoms with E-state index in [1.165, 1.54) is 9.75 Å². The lowest BCUT2D eigenvalue weighted by atomic mass is 9.77. The van der Waals surface area contributed by atoms with Gasteiger partial charge in [-0.05, 0) is 106 Å². The van der Waals surface area contributed by atoms with E-state index in [0.29, 0.717) is 0 Å². The van der Waals surface area contributed by atoms with E-state index in [1.807, 2.05) is 26.0 Å². The van der Waals surface area contributed by atoms with Crippen molar-refractivity contribution >= 4 is 56.7 Å². The third-order valence-corrected chi connectivity index (χ3v) is 10.3. The van der Waals surface area contributed by atoms with E-state index < -0.39 is 0 Å². The first-order valence-corrected chi connectivity index (χ1v) is 16.4. The molecule has 0 saturated carbocycles. The van der Waals surface area contributed by atoms with Gasteiger partial charge >= 0.3 is 0 Å². The maximum Gasteiger partial charge on any atom is 0.185 e. The Bertz CT molecular complexity index is 1580. The van der Waals surface area contributed by atoms with Gasteiger partial charge in [0.1, 0.15) is 0 Å². The van der Waals surface area contributed by atoms with Gasteiger partial charge in [-0.1, -0.05) is 53.7 Å². The van der Waals surface area contributed by atoms with Crippen LogP contribution in [-0.4, -0.2) is 11.6 Å². The quantitative estimate of drug-likeness (QED) is 0.300. The third-order valence-electron chi connectivity index (χ3n) is 7.38. The van der Waals surface area contributed by atoms with Crippen LogP contribution in [0.4, 0.5) is 0 Å². The highest BCUT2D eigenvalue weighted by molar-refractivity contribution is 7.16. The zero-order chi connectivity index (χ0) is 29.7. The Morgan fingerprint density at radius 2 is 0.951 bits per heavy atom. The summed E-state index contributed by atoms with van der Waals surface area (Å²) in [5.41, 5.74) is 7.15. The highest BCUT2D eigenvalue weighted by Gasteiger charge is 2.30. The molecule has 0 aromatic carbocycles. The van der Waals surface area contributed by atoms with Gasteiger partial charge in [0.2, 0.25) is 0 Å². The van der Waals surface area contributed by atoms with Crippen molar-refractivity contribution in [2.45, 2.75) is 55.4 Å². The summed E-state index contributed by atoms with van der Waals surface area (Å²) in [5, 5.41) is 4.21. The minimum absolute atomic E-state index is 0.124. The molecule has 2 aliphatic carbocycles. The van der Waals surface area contributed by atoms with Crippen LogP contribution in [0.2, 0.25) is 0 Å². The van der Waals surface area contributed by atoms with Gasteiger partial charge in [-0.15, -0.1) is 34.0 Å². The first-order valence-electron chi connectivity index (χ1n) is 13.8. The molecule has 3 heterocycles. The Kier molecular flexibility index (Phi) is 7.84. The Balaban J connectivity index is 1.75. The van der Waals surface area contributed by atoms with E-state index in [-0.39, 0.29) is 22.4 Å². The number of ketones is 2. The van der Waals surface area contributed by atoms with Gasteiger partial charge in [0.05, 0.1) is 0 Å². The fourth-order valence-corrected chi connectivity index (χ4v) is 8.12.